The van der Waals surface area contributed by atoms with E-state index in [0.29, 0.717) is 5.56 Å². The molecular formula is C21H22FN3O3. The van der Waals surface area contributed by atoms with E-state index in [-0.39, 0.29) is 19.0 Å². The summed E-state index contributed by atoms with van der Waals surface area (Å²) in [7, 11) is 0. The molecule has 0 aliphatic carbocycles. The Hall–Kier alpha value is -3.22. The highest BCUT2D eigenvalue weighted by atomic mass is 19.1. The lowest BCUT2D eigenvalue weighted by molar-refractivity contribution is -0.135. The Labute approximate surface area is 162 Å². The molecule has 0 aromatic heterocycles. The van der Waals surface area contributed by atoms with Crippen molar-refractivity contribution in [2.75, 3.05) is 6.54 Å². The summed E-state index contributed by atoms with van der Waals surface area (Å²) in [5.74, 6) is -1.39. The van der Waals surface area contributed by atoms with Crippen LogP contribution in [0.2, 0.25) is 0 Å². The molecule has 1 saturated heterocycles. The molecule has 28 heavy (non-hydrogen) atoms. The maximum absolute atomic E-state index is 13.3. The molecular weight excluding hydrogens is 361 g/mol. The fraction of sp³-hybridized carbons (Fsp3) is 0.286. The van der Waals surface area contributed by atoms with Crippen molar-refractivity contribution in [3.05, 3.63) is 71.5 Å². The van der Waals surface area contributed by atoms with Crippen LogP contribution in [-0.2, 0) is 15.1 Å². The van der Waals surface area contributed by atoms with Crippen LogP contribution in [0, 0.1) is 5.82 Å². The van der Waals surface area contributed by atoms with E-state index in [2.05, 4.69) is 10.6 Å². The highest BCUT2D eigenvalue weighted by molar-refractivity contribution is 6.09. The van der Waals surface area contributed by atoms with Gasteiger partial charge in [0, 0.05) is 0 Å². The monoisotopic (exact) mass is 383 g/mol. The van der Waals surface area contributed by atoms with E-state index in [1.54, 1.807) is 6.92 Å². The van der Waals surface area contributed by atoms with Gasteiger partial charge in [0.05, 0.1) is 6.04 Å². The van der Waals surface area contributed by atoms with Gasteiger partial charge in [0.25, 0.3) is 5.91 Å². The van der Waals surface area contributed by atoms with Gasteiger partial charge >= 0.3 is 6.03 Å². The number of nitrogens with zero attached hydrogens (tertiary/aromatic N) is 1. The van der Waals surface area contributed by atoms with Crippen molar-refractivity contribution in [3.8, 4) is 0 Å². The number of rotatable bonds is 6. The van der Waals surface area contributed by atoms with Crippen LogP contribution in [0.15, 0.2) is 54.6 Å². The second-order valence-electron chi connectivity index (χ2n) is 6.79. The minimum Gasteiger partial charge on any atom is -0.348 e. The summed E-state index contributed by atoms with van der Waals surface area (Å²) < 4.78 is 13.3. The van der Waals surface area contributed by atoms with Crippen LogP contribution in [-0.4, -0.2) is 29.3 Å². The number of hydrogen-bond acceptors (Lipinski definition) is 3. The van der Waals surface area contributed by atoms with Crippen LogP contribution in [0.3, 0.4) is 0 Å². The maximum atomic E-state index is 13.3. The molecule has 4 amide bonds. The molecule has 0 unspecified atom stereocenters. The quantitative estimate of drug-likeness (QED) is 0.753. The number of urea groups is 1. The molecule has 6 nitrogen and oxygen atoms in total. The maximum Gasteiger partial charge on any atom is 0.325 e. The van der Waals surface area contributed by atoms with Crippen molar-refractivity contribution < 1.29 is 18.8 Å². The van der Waals surface area contributed by atoms with E-state index >= 15 is 0 Å². The Balaban J connectivity index is 1.74. The first-order valence-corrected chi connectivity index (χ1v) is 9.12. The molecule has 0 saturated carbocycles. The molecule has 1 fully saturated rings. The third-order valence-corrected chi connectivity index (χ3v) is 5.02. The van der Waals surface area contributed by atoms with Crippen molar-refractivity contribution >= 4 is 17.8 Å². The van der Waals surface area contributed by atoms with Crippen molar-refractivity contribution in [1.82, 2.24) is 15.5 Å². The lowest BCUT2D eigenvalue weighted by Gasteiger charge is -2.25. The Morgan fingerprint density at radius 1 is 1.14 bits per heavy atom. The van der Waals surface area contributed by atoms with E-state index in [9.17, 15) is 18.8 Å². The molecule has 0 radical (unpaired) electrons. The zero-order valence-electron chi connectivity index (χ0n) is 15.7. The van der Waals surface area contributed by atoms with Gasteiger partial charge in [0.2, 0.25) is 5.91 Å². The standard InChI is InChI=1S/C21H22FN3O3/c1-3-21(16-9-11-17(22)12-10-16)19(27)25(20(28)24-21)13-18(26)23-14(2)15-7-5-4-6-8-15/h4-12,14H,3,13H2,1-2H3,(H,23,26)(H,24,28)/t14-,21+/m0/s1. The Bertz CT molecular complexity index is 886. The summed E-state index contributed by atoms with van der Waals surface area (Å²) in [6.07, 6.45) is 0.280. The lowest BCUT2D eigenvalue weighted by atomic mass is 9.87. The molecule has 3 rings (SSSR count). The number of halogens is 1. The third kappa shape index (κ3) is 3.60. The van der Waals surface area contributed by atoms with E-state index < -0.39 is 29.2 Å². The minimum atomic E-state index is -1.30. The van der Waals surface area contributed by atoms with Crippen molar-refractivity contribution in [3.63, 3.8) is 0 Å². The minimum absolute atomic E-state index is 0.262. The third-order valence-electron chi connectivity index (χ3n) is 5.02. The number of hydrogen-bond donors (Lipinski definition) is 2. The molecule has 7 heteroatoms. The topological polar surface area (TPSA) is 78.5 Å². The van der Waals surface area contributed by atoms with Crippen LogP contribution >= 0.6 is 0 Å². The van der Waals surface area contributed by atoms with Gasteiger partial charge in [0.1, 0.15) is 17.9 Å². The highest BCUT2D eigenvalue weighted by Crippen LogP contribution is 2.32. The van der Waals surface area contributed by atoms with Crippen LogP contribution in [0.1, 0.15) is 37.4 Å². The van der Waals surface area contributed by atoms with Gasteiger partial charge in [-0.15, -0.1) is 0 Å². The van der Waals surface area contributed by atoms with Crippen LogP contribution in [0.5, 0.6) is 0 Å². The van der Waals surface area contributed by atoms with E-state index in [0.717, 1.165) is 10.5 Å². The predicted molar refractivity (Wildman–Crippen MR) is 102 cm³/mol. The number of benzene rings is 2. The molecule has 1 aliphatic heterocycles. The fourth-order valence-corrected chi connectivity index (χ4v) is 3.40. The van der Waals surface area contributed by atoms with Gasteiger partial charge in [-0.2, -0.15) is 0 Å². The summed E-state index contributed by atoms with van der Waals surface area (Å²) in [4.78, 5) is 38.8. The zero-order chi connectivity index (χ0) is 20.3. The van der Waals surface area contributed by atoms with Crippen LogP contribution in [0.4, 0.5) is 9.18 Å². The summed E-state index contributed by atoms with van der Waals surface area (Å²) in [5.41, 5.74) is 0.105. The number of carbonyl (C=O) groups excluding carboxylic acids is 3. The first-order chi connectivity index (χ1) is 13.4. The molecule has 2 atom stereocenters. The zero-order valence-corrected chi connectivity index (χ0v) is 15.7. The molecule has 2 aromatic rings. The molecule has 0 bridgehead atoms. The first-order valence-electron chi connectivity index (χ1n) is 9.12. The van der Waals surface area contributed by atoms with Crippen molar-refractivity contribution in [1.29, 1.82) is 0 Å². The van der Waals surface area contributed by atoms with Gasteiger partial charge in [-0.25, -0.2) is 9.18 Å². The van der Waals surface area contributed by atoms with E-state index in [1.807, 2.05) is 37.3 Å². The summed E-state index contributed by atoms with van der Waals surface area (Å²) in [6.45, 7) is 3.20. The Morgan fingerprint density at radius 3 is 2.39 bits per heavy atom. The van der Waals surface area contributed by atoms with Crippen LogP contribution in [0.25, 0.3) is 0 Å². The number of imide groups is 1. The number of amides is 4. The van der Waals surface area contributed by atoms with Crippen molar-refractivity contribution in [2.24, 2.45) is 0 Å². The fourth-order valence-electron chi connectivity index (χ4n) is 3.40. The highest BCUT2D eigenvalue weighted by Gasteiger charge is 2.51. The SMILES string of the molecule is CC[C@]1(c2ccc(F)cc2)NC(=O)N(CC(=O)N[C@@H](C)c2ccccc2)C1=O. The summed E-state index contributed by atoms with van der Waals surface area (Å²) in [6, 6.07) is 13.9. The van der Waals surface area contributed by atoms with Crippen molar-refractivity contribution in [2.45, 2.75) is 31.8 Å². The lowest BCUT2D eigenvalue weighted by Crippen LogP contribution is -2.45. The van der Waals surface area contributed by atoms with E-state index in [4.69, 9.17) is 0 Å². The second kappa shape index (κ2) is 7.80. The second-order valence-corrected chi connectivity index (χ2v) is 6.79. The smallest absolute Gasteiger partial charge is 0.325 e. The van der Waals surface area contributed by atoms with Gasteiger partial charge in [0.15, 0.2) is 0 Å². The summed E-state index contributed by atoms with van der Waals surface area (Å²) >= 11 is 0. The molecule has 1 aliphatic rings. The summed E-state index contributed by atoms with van der Waals surface area (Å²) in [5, 5.41) is 5.47. The van der Waals surface area contributed by atoms with Gasteiger partial charge in [-0.1, -0.05) is 49.4 Å². The van der Waals surface area contributed by atoms with Crippen LogP contribution < -0.4 is 10.6 Å². The van der Waals surface area contributed by atoms with Gasteiger partial charge in [-0.3, -0.25) is 14.5 Å². The first kappa shape index (κ1) is 19.5. The Kier molecular flexibility index (Phi) is 5.44. The molecule has 0 spiro atoms. The van der Waals surface area contributed by atoms with E-state index in [1.165, 1.54) is 24.3 Å². The predicted octanol–water partition coefficient (Wildman–Crippen LogP) is 2.86. The molecule has 146 valence electrons. The molecule has 1 heterocycles. The number of carbonyl (C=O) groups is 3. The number of nitrogens with one attached hydrogen (secondary N) is 2. The molecule has 2 N–H and O–H groups in total. The largest absolute Gasteiger partial charge is 0.348 e. The van der Waals surface area contributed by atoms with Gasteiger partial charge in [-0.05, 0) is 36.6 Å². The normalized spacial score (nSPS) is 20.0. The Morgan fingerprint density at radius 2 is 1.79 bits per heavy atom. The average molecular weight is 383 g/mol. The van der Waals surface area contributed by atoms with Gasteiger partial charge < -0.3 is 10.6 Å². The average Bonchev–Trinajstić information content (AvgIpc) is 2.94. The molecule has 2 aromatic carbocycles.